The third kappa shape index (κ3) is 3.24. The summed E-state index contributed by atoms with van der Waals surface area (Å²) in [5, 5.41) is 7.90. The Labute approximate surface area is 201 Å². The van der Waals surface area contributed by atoms with Crippen molar-refractivity contribution < 1.29 is 18.6 Å². The molecule has 2 aliphatic heterocycles. The lowest BCUT2D eigenvalue weighted by Crippen LogP contribution is -2.33. The van der Waals surface area contributed by atoms with Gasteiger partial charge in [-0.1, -0.05) is 42.0 Å². The lowest BCUT2D eigenvalue weighted by Gasteiger charge is -2.39. The molecule has 1 N–H and O–H groups in total. The molecule has 6 rings (SSSR count). The van der Waals surface area contributed by atoms with Gasteiger partial charge in [0.1, 0.15) is 23.9 Å². The number of hydrogen-bond acceptors (Lipinski definition) is 6. The SMILES string of the molecule is COc1cccc([C@H]2Oc3ccc(C)cc3C3=C2[C@@H](c2ccccc2F)n2ncnc2N3)c1OC. The largest absolute Gasteiger partial charge is 0.493 e. The van der Waals surface area contributed by atoms with Gasteiger partial charge in [-0.05, 0) is 31.2 Å². The first-order valence-corrected chi connectivity index (χ1v) is 11.2. The topological polar surface area (TPSA) is 70.4 Å². The number of aryl methyl sites for hydroxylation is 1. The van der Waals surface area contributed by atoms with E-state index in [-0.39, 0.29) is 5.82 Å². The van der Waals surface area contributed by atoms with Gasteiger partial charge in [-0.3, -0.25) is 0 Å². The molecule has 0 bridgehead atoms. The Morgan fingerprint density at radius 3 is 2.63 bits per heavy atom. The van der Waals surface area contributed by atoms with Crippen LogP contribution in [-0.4, -0.2) is 29.0 Å². The summed E-state index contributed by atoms with van der Waals surface area (Å²) in [4.78, 5) is 4.41. The van der Waals surface area contributed by atoms with Crippen LogP contribution in [0.25, 0.3) is 5.70 Å². The van der Waals surface area contributed by atoms with Gasteiger partial charge in [0.15, 0.2) is 17.6 Å². The summed E-state index contributed by atoms with van der Waals surface area (Å²) in [5.41, 5.74) is 4.81. The molecule has 0 fully saturated rings. The number of hydrogen-bond donors (Lipinski definition) is 1. The molecule has 1 aromatic heterocycles. The first kappa shape index (κ1) is 21.2. The maximum absolute atomic E-state index is 15.3. The summed E-state index contributed by atoms with van der Waals surface area (Å²) in [5.74, 6) is 2.04. The van der Waals surface area contributed by atoms with Crippen LogP contribution >= 0.6 is 0 Å². The normalized spacial score (nSPS) is 18.1. The van der Waals surface area contributed by atoms with Gasteiger partial charge in [0.25, 0.3) is 0 Å². The molecule has 4 aromatic rings. The maximum atomic E-state index is 15.3. The van der Waals surface area contributed by atoms with Crippen molar-refractivity contribution in [3.8, 4) is 17.2 Å². The van der Waals surface area contributed by atoms with Crippen LogP contribution in [0.3, 0.4) is 0 Å². The van der Waals surface area contributed by atoms with Gasteiger partial charge in [0.05, 0.1) is 19.9 Å². The molecule has 0 amide bonds. The first-order valence-electron chi connectivity index (χ1n) is 11.2. The van der Waals surface area contributed by atoms with Crippen molar-refractivity contribution in [1.29, 1.82) is 0 Å². The highest BCUT2D eigenvalue weighted by molar-refractivity contribution is 5.85. The zero-order valence-corrected chi connectivity index (χ0v) is 19.4. The van der Waals surface area contributed by atoms with E-state index < -0.39 is 12.1 Å². The second kappa shape index (κ2) is 8.16. The minimum absolute atomic E-state index is 0.334. The number of benzene rings is 3. The fourth-order valence-electron chi connectivity index (χ4n) is 4.96. The minimum atomic E-state index is -0.611. The van der Waals surface area contributed by atoms with Crippen LogP contribution in [0.2, 0.25) is 0 Å². The zero-order valence-electron chi connectivity index (χ0n) is 19.4. The van der Waals surface area contributed by atoms with E-state index in [4.69, 9.17) is 14.2 Å². The van der Waals surface area contributed by atoms with Gasteiger partial charge in [-0.15, -0.1) is 0 Å². The molecule has 176 valence electrons. The summed E-state index contributed by atoms with van der Waals surface area (Å²) < 4.78 is 35.0. The first-order chi connectivity index (χ1) is 17.1. The molecule has 0 unspecified atom stereocenters. The highest BCUT2D eigenvalue weighted by atomic mass is 19.1. The predicted octanol–water partition coefficient (Wildman–Crippen LogP) is 5.30. The van der Waals surface area contributed by atoms with Crippen molar-refractivity contribution in [2.75, 3.05) is 19.5 Å². The fourth-order valence-corrected chi connectivity index (χ4v) is 4.96. The van der Waals surface area contributed by atoms with Gasteiger partial charge in [0, 0.05) is 22.3 Å². The Balaban J connectivity index is 1.67. The van der Waals surface area contributed by atoms with Crippen molar-refractivity contribution in [2.24, 2.45) is 0 Å². The van der Waals surface area contributed by atoms with E-state index in [1.807, 2.05) is 43.3 Å². The molecule has 0 saturated carbocycles. The minimum Gasteiger partial charge on any atom is -0.493 e. The molecule has 2 aliphatic rings. The number of rotatable bonds is 4. The van der Waals surface area contributed by atoms with E-state index in [9.17, 15) is 0 Å². The molecular formula is C27H23FN4O3. The fraction of sp³-hybridized carbons (Fsp3) is 0.185. The highest BCUT2D eigenvalue weighted by Gasteiger charge is 2.43. The van der Waals surface area contributed by atoms with Crippen LogP contribution in [0.4, 0.5) is 10.3 Å². The van der Waals surface area contributed by atoms with Gasteiger partial charge in [0.2, 0.25) is 5.95 Å². The van der Waals surface area contributed by atoms with Gasteiger partial charge in [-0.2, -0.15) is 10.1 Å². The van der Waals surface area contributed by atoms with E-state index in [0.717, 1.165) is 28.0 Å². The van der Waals surface area contributed by atoms with Crippen molar-refractivity contribution in [3.05, 3.63) is 101 Å². The monoisotopic (exact) mass is 470 g/mol. The van der Waals surface area contributed by atoms with Gasteiger partial charge < -0.3 is 19.5 Å². The molecular weight excluding hydrogens is 447 g/mol. The molecule has 0 saturated heterocycles. The van der Waals surface area contributed by atoms with Crippen molar-refractivity contribution >= 4 is 11.6 Å². The van der Waals surface area contributed by atoms with E-state index in [1.54, 1.807) is 31.0 Å². The second-order valence-electron chi connectivity index (χ2n) is 8.49. The van der Waals surface area contributed by atoms with E-state index in [0.29, 0.717) is 28.8 Å². The third-order valence-electron chi connectivity index (χ3n) is 6.49. The van der Waals surface area contributed by atoms with Crippen LogP contribution in [0.1, 0.15) is 34.4 Å². The summed E-state index contributed by atoms with van der Waals surface area (Å²) in [7, 11) is 3.19. The average Bonchev–Trinajstić information content (AvgIpc) is 3.35. The van der Waals surface area contributed by atoms with Crippen molar-refractivity contribution in [2.45, 2.75) is 19.1 Å². The van der Waals surface area contributed by atoms with E-state index in [2.05, 4.69) is 21.5 Å². The Kier molecular flexibility index (Phi) is 4.95. The molecule has 0 aliphatic carbocycles. The van der Waals surface area contributed by atoms with Crippen LogP contribution in [0, 0.1) is 12.7 Å². The summed E-state index contributed by atoms with van der Waals surface area (Å²) in [6.07, 6.45) is 0.855. The molecule has 0 spiro atoms. The van der Waals surface area contributed by atoms with Crippen LogP contribution in [-0.2, 0) is 0 Å². The molecule has 3 heterocycles. The van der Waals surface area contributed by atoms with Crippen LogP contribution in [0.15, 0.2) is 72.6 Å². The van der Waals surface area contributed by atoms with Crippen LogP contribution in [0.5, 0.6) is 17.2 Å². The van der Waals surface area contributed by atoms with Gasteiger partial charge >= 0.3 is 0 Å². The summed E-state index contributed by atoms with van der Waals surface area (Å²) >= 11 is 0. The molecule has 7 nitrogen and oxygen atoms in total. The quantitative estimate of drug-likeness (QED) is 0.436. The summed E-state index contributed by atoms with van der Waals surface area (Å²) in [6, 6.07) is 17.8. The maximum Gasteiger partial charge on any atom is 0.226 e. The number of ether oxygens (including phenoxy) is 3. The lowest BCUT2D eigenvalue weighted by molar-refractivity contribution is 0.215. The number of anilines is 1. The molecule has 2 atom stereocenters. The second-order valence-corrected chi connectivity index (χ2v) is 8.49. The van der Waals surface area contributed by atoms with Crippen molar-refractivity contribution in [1.82, 2.24) is 14.8 Å². The molecule has 3 aromatic carbocycles. The molecule has 0 radical (unpaired) electrons. The summed E-state index contributed by atoms with van der Waals surface area (Å²) in [6.45, 7) is 2.03. The number of nitrogens with zero attached hydrogens (tertiary/aromatic N) is 3. The van der Waals surface area contributed by atoms with Crippen LogP contribution < -0.4 is 19.5 Å². The van der Waals surface area contributed by atoms with E-state index in [1.165, 1.54) is 12.4 Å². The van der Waals surface area contributed by atoms with Gasteiger partial charge in [-0.25, -0.2) is 9.07 Å². The third-order valence-corrected chi connectivity index (χ3v) is 6.49. The number of aromatic nitrogens is 3. The predicted molar refractivity (Wildman–Crippen MR) is 129 cm³/mol. The Bertz CT molecular complexity index is 1480. The standard InChI is InChI=1S/C27H23FN4O3/c1-15-11-12-20-18(13-15)23-22(26(35-20)17-8-6-10-21(33-2)25(17)34-3)24(16-7-4-5-9-19(16)28)32-27(31-23)29-14-30-32/h4-14,24,26H,1-3H3,(H,29,30,31)/t24-,26-/m1/s1. The number of halogens is 1. The smallest absolute Gasteiger partial charge is 0.226 e. The Morgan fingerprint density at radius 2 is 1.83 bits per heavy atom. The van der Waals surface area contributed by atoms with Crippen molar-refractivity contribution in [3.63, 3.8) is 0 Å². The Hall–Kier alpha value is -4.33. The number of methoxy groups -OCH3 is 2. The highest BCUT2D eigenvalue weighted by Crippen LogP contribution is 2.53. The zero-order chi connectivity index (χ0) is 24.1. The Morgan fingerprint density at radius 1 is 1.00 bits per heavy atom. The average molecular weight is 471 g/mol. The number of fused-ring (bicyclic) bond motifs is 3. The molecule has 35 heavy (non-hydrogen) atoms. The number of para-hydroxylation sites is 1. The van der Waals surface area contributed by atoms with E-state index >= 15 is 4.39 Å². The lowest BCUT2D eigenvalue weighted by atomic mass is 9.84. The number of nitrogens with one attached hydrogen (secondary N) is 1. The molecule has 8 heteroatoms.